The standard InChI is InChI=1S/C8H12S2/c1-3-7-5-6-10-8(7)9-4-2/h5-6H,3-4H2,1-2H3. The average molecular weight is 172 g/mol. The molecular weight excluding hydrogens is 160 g/mol. The van der Waals surface area contributed by atoms with Gasteiger partial charge in [-0.15, -0.1) is 23.1 Å². The molecule has 0 aliphatic heterocycles. The molecule has 1 heterocycles. The summed E-state index contributed by atoms with van der Waals surface area (Å²) in [6.45, 7) is 4.41. The van der Waals surface area contributed by atoms with Gasteiger partial charge < -0.3 is 0 Å². The minimum Gasteiger partial charge on any atom is -0.137 e. The van der Waals surface area contributed by atoms with Gasteiger partial charge in [-0.25, -0.2) is 0 Å². The average Bonchev–Trinajstić information content (AvgIpc) is 2.36. The van der Waals surface area contributed by atoms with Crippen molar-refractivity contribution in [3.8, 4) is 0 Å². The molecule has 0 amide bonds. The lowest BCUT2D eigenvalue weighted by molar-refractivity contribution is 1.12. The van der Waals surface area contributed by atoms with Crippen LogP contribution in [-0.2, 0) is 6.42 Å². The van der Waals surface area contributed by atoms with Crippen molar-refractivity contribution in [2.24, 2.45) is 0 Å². The first-order chi connectivity index (χ1) is 4.88. The van der Waals surface area contributed by atoms with Crippen LogP contribution in [0.1, 0.15) is 19.4 Å². The predicted octanol–water partition coefficient (Wildman–Crippen LogP) is 3.42. The van der Waals surface area contributed by atoms with Gasteiger partial charge in [0.15, 0.2) is 0 Å². The first-order valence-corrected chi connectivity index (χ1v) is 5.44. The Morgan fingerprint density at radius 1 is 1.50 bits per heavy atom. The molecule has 0 nitrogen and oxygen atoms in total. The van der Waals surface area contributed by atoms with Crippen LogP contribution >= 0.6 is 23.1 Å². The fraction of sp³-hybridized carbons (Fsp3) is 0.500. The highest BCUT2D eigenvalue weighted by atomic mass is 32.2. The molecule has 0 N–H and O–H groups in total. The van der Waals surface area contributed by atoms with Crippen LogP contribution in [0.2, 0.25) is 0 Å². The molecule has 0 spiro atoms. The van der Waals surface area contributed by atoms with Crippen molar-refractivity contribution in [3.05, 3.63) is 17.0 Å². The zero-order valence-corrected chi connectivity index (χ0v) is 8.02. The lowest BCUT2D eigenvalue weighted by Crippen LogP contribution is -1.76. The Balaban J connectivity index is 2.70. The van der Waals surface area contributed by atoms with E-state index in [1.807, 2.05) is 23.1 Å². The van der Waals surface area contributed by atoms with Gasteiger partial charge in [0.2, 0.25) is 0 Å². The van der Waals surface area contributed by atoms with Gasteiger partial charge >= 0.3 is 0 Å². The number of aryl methyl sites for hydroxylation is 1. The Hall–Kier alpha value is 0.0500. The highest BCUT2D eigenvalue weighted by Gasteiger charge is 1.99. The van der Waals surface area contributed by atoms with Gasteiger partial charge in [0, 0.05) is 0 Å². The van der Waals surface area contributed by atoms with E-state index in [1.54, 1.807) is 0 Å². The van der Waals surface area contributed by atoms with Gasteiger partial charge in [-0.05, 0) is 29.2 Å². The van der Waals surface area contributed by atoms with E-state index in [1.165, 1.54) is 21.9 Å². The second-order valence-electron chi connectivity index (χ2n) is 2.02. The van der Waals surface area contributed by atoms with E-state index >= 15 is 0 Å². The van der Waals surface area contributed by atoms with E-state index in [2.05, 4.69) is 25.3 Å². The SMILES string of the molecule is CCSc1sccc1CC. The zero-order chi connectivity index (χ0) is 7.40. The Kier molecular flexibility index (Phi) is 3.29. The van der Waals surface area contributed by atoms with E-state index in [4.69, 9.17) is 0 Å². The van der Waals surface area contributed by atoms with Crippen molar-refractivity contribution in [2.75, 3.05) is 5.75 Å². The van der Waals surface area contributed by atoms with Crippen LogP contribution < -0.4 is 0 Å². The highest BCUT2D eigenvalue weighted by Crippen LogP contribution is 2.28. The molecule has 0 aliphatic carbocycles. The maximum atomic E-state index is 2.22. The van der Waals surface area contributed by atoms with Crippen LogP contribution in [0.5, 0.6) is 0 Å². The predicted molar refractivity (Wildman–Crippen MR) is 50.1 cm³/mol. The topological polar surface area (TPSA) is 0 Å². The highest BCUT2D eigenvalue weighted by molar-refractivity contribution is 8.01. The number of hydrogen-bond donors (Lipinski definition) is 0. The Labute approximate surface area is 70.7 Å². The van der Waals surface area contributed by atoms with Gasteiger partial charge in [-0.3, -0.25) is 0 Å². The van der Waals surface area contributed by atoms with Crippen LogP contribution in [0.3, 0.4) is 0 Å². The van der Waals surface area contributed by atoms with E-state index in [-0.39, 0.29) is 0 Å². The molecule has 0 bridgehead atoms. The minimum absolute atomic E-state index is 1.17. The second kappa shape index (κ2) is 4.04. The van der Waals surface area contributed by atoms with Gasteiger partial charge in [-0.2, -0.15) is 0 Å². The molecule has 1 rings (SSSR count). The van der Waals surface area contributed by atoms with Crippen LogP contribution in [-0.4, -0.2) is 5.75 Å². The third-order valence-electron chi connectivity index (χ3n) is 1.36. The number of thiophene rings is 1. The third kappa shape index (κ3) is 1.77. The van der Waals surface area contributed by atoms with E-state index in [0.29, 0.717) is 0 Å². The smallest absolute Gasteiger partial charge is 0.0630 e. The molecule has 1 aromatic rings. The molecule has 56 valence electrons. The number of thioether (sulfide) groups is 1. The minimum atomic E-state index is 1.17. The molecule has 0 saturated heterocycles. The largest absolute Gasteiger partial charge is 0.137 e. The third-order valence-corrected chi connectivity index (χ3v) is 3.57. The molecule has 0 fully saturated rings. The van der Waals surface area contributed by atoms with Gasteiger partial charge in [0.05, 0.1) is 4.21 Å². The lowest BCUT2D eigenvalue weighted by Gasteiger charge is -1.95. The molecule has 0 radical (unpaired) electrons. The fourth-order valence-electron chi connectivity index (χ4n) is 0.842. The molecule has 0 aromatic carbocycles. The molecule has 0 aliphatic rings. The molecule has 2 heteroatoms. The Morgan fingerprint density at radius 3 is 2.90 bits per heavy atom. The van der Waals surface area contributed by atoms with Crippen LogP contribution in [0.15, 0.2) is 15.7 Å². The van der Waals surface area contributed by atoms with E-state index < -0.39 is 0 Å². The normalized spacial score (nSPS) is 10.2. The quantitative estimate of drug-likeness (QED) is 0.629. The molecule has 0 atom stereocenters. The number of hydrogen-bond acceptors (Lipinski definition) is 2. The Morgan fingerprint density at radius 2 is 2.30 bits per heavy atom. The molecule has 0 unspecified atom stereocenters. The Bertz CT molecular complexity index is 191. The maximum Gasteiger partial charge on any atom is 0.0630 e. The monoisotopic (exact) mass is 172 g/mol. The summed E-state index contributed by atoms with van der Waals surface area (Å²) in [5.74, 6) is 1.19. The van der Waals surface area contributed by atoms with Crippen LogP contribution in [0.4, 0.5) is 0 Å². The van der Waals surface area contributed by atoms with Crippen molar-refractivity contribution in [2.45, 2.75) is 24.5 Å². The van der Waals surface area contributed by atoms with Crippen molar-refractivity contribution in [1.29, 1.82) is 0 Å². The summed E-state index contributed by atoms with van der Waals surface area (Å²) in [4.78, 5) is 0. The fourth-order valence-corrected chi connectivity index (χ4v) is 3.01. The van der Waals surface area contributed by atoms with Crippen molar-refractivity contribution >= 4 is 23.1 Å². The van der Waals surface area contributed by atoms with Gasteiger partial charge in [0.25, 0.3) is 0 Å². The summed E-state index contributed by atoms with van der Waals surface area (Å²) in [6.07, 6.45) is 1.17. The zero-order valence-electron chi connectivity index (χ0n) is 6.39. The summed E-state index contributed by atoms with van der Waals surface area (Å²) >= 11 is 3.81. The maximum absolute atomic E-state index is 2.22. The van der Waals surface area contributed by atoms with Crippen LogP contribution in [0.25, 0.3) is 0 Å². The van der Waals surface area contributed by atoms with Gasteiger partial charge in [0.1, 0.15) is 0 Å². The molecular formula is C8H12S2. The van der Waals surface area contributed by atoms with Gasteiger partial charge in [-0.1, -0.05) is 13.8 Å². The lowest BCUT2D eigenvalue weighted by atomic mass is 10.3. The van der Waals surface area contributed by atoms with Crippen molar-refractivity contribution in [1.82, 2.24) is 0 Å². The second-order valence-corrected chi connectivity index (χ2v) is 4.47. The van der Waals surface area contributed by atoms with E-state index in [0.717, 1.165) is 0 Å². The van der Waals surface area contributed by atoms with Crippen molar-refractivity contribution in [3.63, 3.8) is 0 Å². The van der Waals surface area contributed by atoms with Crippen LogP contribution in [0, 0.1) is 0 Å². The summed E-state index contributed by atoms with van der Waals surface area (Å²) < 4.78 is 1.50. The van der Waals surface area contributed by atoms with E-state index in [9.17, 15) is 0 Å². The summed E-state index contributed by atoms with van der Waals surface area (Å²) in [7, 11) is 0. The van der Waals surface area contributed by atoms with Crippen molar-refractivity contribution < 1.29 is 0 Å². The molecule has 10 heavy (non-hydrogen) atoms. The summed E-state index contributed by atoms with van der Waals surface area (Å²) in [5.41, 5.74) is 1.51. The first kappa shape index (κ1) is 8.15. The molecule has 1 aromatic heterocycles. The first-order valence-electron chi connectivity index (χ1n) is 3.57. The summed E-state index contributed by atoms with van der Waals surface area (Å²) in [6, 6.07) is 2.22. The number of rotatable bonds is 3. The summed E-state index contributed by atoms with van der Waals surface area (Å²) in [5, 5.41) is 2.18. The molecule has 0 saturated carbocycles.